The number of hydrogen-bond donors (Lipinski definition) is 1. The second kappa shape index (κ2) is 3.98. The summed E-state index contributed by atoms with van der Waals surface area (Å²) >= 11 is 0. The Morgan fingerprint density at radius 3 is 2.67 bits per heavy atom. The molecular formula is C11H13FN2O. The van der Waals surface area contributed by atoms with E-state index in [1.165, 1.54) is 12.1 Å². The van der Waals surface area contributed by atoms with Crippen molar-refractivity contribution in [2.75, 3.05) is 11.4 Å². The van der Waals surface area contributed by atoms with Crippen LogP contribution in [0, 0.1) is 5.82 Å². The van der Waals surface area contributed by atoms with Crippen LogP contribution in [0.1, 0.15) is 12.8 Å². The van der Waals surface area contributed by atoms with E-state index in [4.69, 9.17) is 5.73 Å². The van der Waals surface area contributed by atoms with E-state index in [0.717, 1.165) is 12.1 Å². The summed E-state index contributed by atoms with van der Waals surface area (Å²) in [5.41, 5.74) is 6.32. The second-order valence-electron chi connectivity index (χ2n) is 3.67. The minimum Gasteiger partial charge on any atom is -0.328 e. The molecule has 4 heteroatoms. The molecule has 15 heavy (non-hydrogen) atoms. The Morgan fingerprint density at radius 1 is 1.40 bits per heavy atom. The van der Waals surface area contributed by atoms with Crippen molar-refractivity contribution in [1.82, 2.24) is 0 Å². The fraction of sp³-hybridized carbons (Fsp3) is 0.364. The van der Waals surface area contributed by atoms with Gasteiger partial charge in [-0.15, -0.1) is 0 Å². The van der Waals surface area contributed by atoms with Crippen LogP contribution >= 0.6 is 0 Å². The molecule has 1 aromatic carbocycles. The molecule has 0 bridgehead atoms. The van der Waals surface area contributed by atoms with Crippen LogP contribution in [0.2, 0.25) is 0 Å². The molecule has 2 rings (SSSR count). The van der Waals surface area contributed by atoms with Gasteiger partial charge in [-0.25, -0.2) is 4.39 Å². The Morgan fingerprint density at radius 2 is 2.07 bits per heavy atom. The SMILES string of the molecule is NC[C@@H]1CCC(=O)N1c1ccc(F)cc1. The molecule has 0 aliphatic carbocycles. The number of anilines is 1. The van der Waals surface area contributed by atoms with Crippen LogP contribution in [0.4, 0.5) is 10.1 Å². The largest absolute Gasteiger partial charge is 0.328 e. The Balaban J connectivity index is 2.28. The fourth-order valence-corrected chi connectivity index (χ4v) is 1.92. The molecule has 2 N–H and O–H groups in total. The summed E-state index contributed by atoms with van der Waals surface area (Å²) < 4.78 is 12.7. The Bertz CT molecular complexity index is 363. The van der Waals surface area contributed by atoms with Gasteiger partial charge in [-0.2, -0.15) is 0 Å². The van der Waals surface area contributed by atoms with E-state index in [1.54, 1.807) is 17.0 Å². The van der Waals surface area contributed by atoms with Crippen LogP contribution < -0.4 is 10.6 Å². The first-order valence-corrected chi connectivity index (χ1v) is 5.00. The molecule has 1 atom stereocenters. The normalized spacial score (nSPS) is 21.1. The van der Waals surface area contributed by atoms with Crippen molar-refractivity contribution in [2.45, 2.75) is 18.9 Å². The lowest BCUT2D eigenvalue weighted by Crippen LogP contribution is -2.37. The molecule has 0 saturated carbocycles. The third-order valence-electron chi connectivity index (χ3n) is 2.70. The van der Waals surface area contributed by atoms with Gasteiger partial charge in [-0.1, -0.05) is 0 Å². The molecule has 1 amide bonds. The number of benzene rings is 1. The number of hydrogen-bond acceptors (Lipinski definition) is 2. The summed E-state index contributed by atoms with van der Waals surface area (Å²) in [6.45, 7) is 0.448. The maximum Gasteiger partial charge on any atom is 0.227 e. The lowest BCUT2D eigenvalue weighted by Gasteiger charge is -2.23. The van der Waals surface area contributed by atoms with Gasteiger partial charge in [0.05, 0.1) is 0 Å². The van der Waals surface area contributed by atoms with E-state index in [1.807, 2.05) is 0 Å². The predicted octanol–water partition coefficient (Wildman–Crippen LogP) is 1.28. The lowest BCUT2D eigenvalue weighted by atomic mass is 10.2. The smallest absolute Gasteiger partial charge is 0.227 e. The number of amides is 1. The van der Waals surface area contributed by atoms with Crippen molar-refractivity contribution < 1.29 is 9.18 Å². The molecule has 3 nitrogen and oxygen atoms in total. The maximum absolute atomic E-state index is 12.7. The highest BCUT2D eigenvalue weighted by atomic mass is 19.1. The van der Waals surface area contributed by atoms with Gasteiger partial charge in [-0.3, -0.25) is 4.79 Å². The highest BCUT2D eigenvalue weighted by molar-refractivity contribution is 5.96. The number of halogens is 1. The van der Waals surface area contributed by atoms with Gasteiger partial charge in [0.25, 0.3) is 0 Å². The van der Waals surface area contributed by atoms with Gasteiger partial charge >= 0.3 is 0 Å². The molecule has 1 fully saturated rings. The number of nitrogens with zero attached hydrogens (tertiary/aromatic N) is 1. The molecule has 0 spiro atoms. The number of carbonyl (C=O) groups excluding carboxylic acids is 1. The average Bonchev–Trinajstić information content (AvgIpc) is 2.61. The summed E-state index contributed by atoms with van der Waals surface area (Å²) in [6.07, 6.45) is 1.31. The Kier molecular flexibility index (Phi) is 2.68. The number of rotatable bonds is 2. The zero-order chi connectivity index (χ0) is 10.8. The van der Waals surface area contributed by atoms with E-state index in [9.17, 15) is 9.18 Å². The van der Waals surface area contributed by atoms with Crippen LogP contribution in [-0.2, 0) is 4.79 Å². The van der Waals surface area contributed by atoms with Crippen LogP contribution in [0.5, 0.6) is 0 Å². The monoisotopic (exact) mass is 208 g/mol. The minimum atomic E-state index is -0.297. The van der Waals surface area contributed by atoms with E-state index in [2.05, 4.69) is 0 Å². The zero-order valence-electron chi connectivity index (χ0n) is 8.32. The molecule has 0 unspecified atom stereocenters. The first-order chi connectivity index (χ1) is 7.22. The highest BCUT2D eigenvalue weighted by Gasteiger charge is 2.30. The number of nitrogens with two attached hydrogens (primary N) is 1. The van der Waals surface area contributed by atoms with Crippen LogP contribution in [0.25, 0.3) is 0 Å². The van der Waals surface area contributed by atoms with Gasteiger partial charge in [0, 0.05) is 24.7 Å². The Hall–Kier alpha value is -1.42. The van der Waals surface area contributed by atoms with Gasteiger partial charge in [0.1, 0.15) is 5.82 Å². The van der Waals surface area contributed by atoms with Crippen molar-refractivity contribution in [3.05, 3.63) is 30.1 Å². The quantitative estimate of drug-likeness (QED) is 0.795. The van der Waals surface area contributed by atoms with Crippen molar-refractivity contribution in [3.8, 4) is 0 Å². The summed E-state index contributed by atoms with van der Waals surface area (Å²) in [6, 6.07) is 5.99. The van der Waals surface area contributed by atoms with E-state index in [-0.39, 0.29) is 17.8 Å². The second-order valence-corrected chi connectivity index (χ2v) is 3.67. The third kappa shape index (κ3) is 1.85. The Labute approximate surface area is 87.7 Å². The third-order valence-corrected chi connectivity index (χ3v) is 2.70. The fourth-order valence-electron chi connectivity index (χ4n) is 1.92. The van der Waals surface area contributed by atoms with Crippen molar-refractivity contribution in [2.24, 2.45) is 5.73 Å². The predicted molar refractivity (Wildman–Crippen MR) is 56.0 cm³/mol. The zero-order valence-corrected chi connectivity index (χ0v) is 8.32. The van der Waals surface area contributed by atoms with Crippen LogP contribution in [0.15, 0.2) is 24.3 Å². The maximum atomic E-state index is 12.7. The average molecular weight is 208 g/mol. The number of carbonyl (C=O) groups is 1. The van der Waals surface area contributed by atoms with Gasteiger partial charge in [0.2, 0.25) is 5.91 Å². The molecule has 1 aromatic rings. The molecular weight excluding hydrogens is 195 g/mol. The standard InChI is InChI=1S/C11H13FN2O/c12-8-1-3-9(4-2-8)14-10(7-13)5-6-11(14)15/h1-4,10H,5-7,13H2/t10-/m0/s1. The first kappa shape index (κ1) is 10.1. The topological polar surface area (TPSA) is 46.3 Å². The highest BCUT2D eigenvalue weighted by Crippen LogP contribution is 2.25. The van der Waals surface area contributed by atoms with Crippen molar-refractivity contribution in [3.63, 3.8) is 0 Å². The van der Waals surface area contributed by atoms with Gasteiger partial charge < -0.3 is 10.6 Å². The minimum absolute atomic E-state index is 0.0583. The molecule has 0 radical (unpaired) electrons. The lowest BCUT2D eigenvalue weighted by molar-refractivity contribution is -0.117. The summed E-state index contributed by atoms with van der Waals surface area (Å²) in [7, 11) is 0. The molecule has 0 aromatic heterocycles. The summed E-state index contributed by atoms with van der Waals surface area (Å²) in [4.78, 5) is 13.3. The molecule has 1 heterocycles. The van der Waals surface area contributed by atoms with E-state index < -0.39 is 0 Å². The molecule has 80 valence electrons. The van der Waals surface area contributed by atoms with Crippen LogP contribution in [0.3, 0.4) is 0 Å². The molecule has 1 aliphatic rings. The first-order valence-electron chi connectivity index (χ1n) is 5.00. The van der Waals surface area contributed by atoms with Gasteiger partial charge in [0.15, 0.2) is 0 Å². The molecule has 1 saturated heterocycles. The summed E-state index contributed by atoms with van der Waals surface area (Å²) in [5.74, 6) is -0.230. The van der Waals surface area contributed by atoms with E-state index in [0.29, 0.717) is 13.0 Å². The van der Waals surface area contributed by atoms with Crippen molar-refractivity contribution >= 4 is 11.6 Å². The van der Waals surface area contributed by atoms with E-state index >= 15 is 0 Å². The summed E-state index contributed by atoms with van der Waals surface area (Å²) in [5, 5.41) is 0. The van der Waals surface area contributed by atoms with Gasteiger partial charge in [-0.05, 0) is 30.7 Å². The van der Waals surface area contributed by atoms with Crippen LogP contribution in [-0.4, -0.2) is 18.5 Å². The molecule has 1 aliphatic heterocycles. The van der Waals surface area contributed by atoms with Crippen molar-refractivity contribution in [1.29, 1.82) is 0 Å².